The van der Waals surface area contributed by atoms with Crippen molar-refractivity contribution in [1.82, 2.24) is 4.98 Å². The molecule has 0 aliphatic carbocycles. The van der Waals surface area contributed by atoms with E-state index < -0.39 is 17.3 Å². The molecule has 1 aromatic carbocycles. The predicted molar refractivity (Wildman–Crippen MR) is 65.8 cm³/mol. The van der Waals surface area contributed by atoms with Crippen LogP contribution in [0.5, 0.6) is 0 Å². The fourth-order valence-electron chi connectivity index (χ4n) is 2.73. The van der Waals surface area contributed by atoms with Gasteiger partial charge < -0.3 is 9.72 Å². The summed E-state index contributed by atoms with van der Waals surface area (Å²) in [5.74, 6) is 0. The van der Waals surface area contributed by atoms with Crippen LogP contribution >= 0.6 is 0 Å². The van der Waals surface area contributed by atoms with Gasteiger partial charge in [0.25, 0.3) is 0 Å². The van der Waals surface area contributed by atoms with E-state index in [4.69, 9.17) is 4.74 Å². The first-order chi connectivity index (χ1) is 8.90. The maximum Gasteiger partial charge on any atom is 0.416 e. The summed E-state index contributed by atoms with van der Waals surface area (Å²) in [4.78, 5) is 3.02. The van der Waals surface area contributed by atoms with Crippen LogP contribution < -0.4 is 0 Å². The van der Waals surface area contributed by atoms with Gasteiger partial charge >= 0.3 is 6.18 Å². The zero-order valence-electron chi connectivity index (χ0n) is 10.5. The van der Waals surface area contributed by atoms with E-state index in [-0.39, 0.29) is 0 Å². The van der Waals surface area contributed by atoms with Crippen LogP contribution in [0, 0.1) is 0 Å². The van der Waals surface area contributed by atoms with E-state index in [9.17, 15) is 13.2 Å². The average molecular weight is 269 g/mol. The van der Waals surface area contributed by atoms with E-state index in [2.05, 4.69) is 4.98 Å². The fourth-order valence-corrected chi connectivity index (χ4v) is 2.73. The number of rotatable bonds is 1. The second-order valence-corrected chi connectivity index (χ2v) is 5.14. The molecule has 0 spiro atoms. The van der Waals surface area contributed by atoms with Crippen LogP contribution in [0.3, 0.4) is 0 Å². The van der Waals surface area contributed by atoms with Crippen molar-refractivity contribution in [2.75, 3.05) is 6.61 Å². The molecule has 1 aliphatic heterocycles. The number of benzene rings is 1. The van der Waals surface area contributed by atoms with E-state index in [0.29, 0.717) is 17.5 Å². The number of aromatic amines is 1. The fraction of sp³-hybridized carbons (Fsp3) is 0.429. The number of hydrogen-bond acceptors (Lipinski definition) is 1. The molecule has 2 heterocycles. The maximum atomic E-state index is 12.8. The molecule has 1 fully saturated rings. The van der Waals surface area contributed by atoms with Gasteiger partial charge in [-0.2, -0.15) is 13.2 Å². The van der Waals surface area contributed by atoms with Gasteiger partial charge in [-0.15, -0.1) is 0 Å². The van der Waals surface area contributed by atoms with Gasteiger partial charge in [0.2, 0.25) is 0 Å². The minimum Gasteiger partial charge on any atom is -0.371 e. The van der Waals surface area contributed by atoms with Crippen LogP contribution in [0.15, 0.2) is 24.4 Å². The Bertz CT molecular complexity index is 609. The predicted octanol–water partition coefficient (Wildman–Crippen LogP) is 4.21. The Morgan fingerprint density at radius 1 is 1.32 bits per heavy atom. The molecule has 1 N–H and O–H groups in total. The largest absolute Gasteiger partial charge is 0.416 e. The van der Waals surface area contributed by atoms with Crippen LogP contribution in [0.4, 0.5) is 13.2 Å². The maximum absolute atomic E-state index is 12.8. The first-order valence-electron chi connectivity index (χ1n) is 6.23. The van der Waals surface area contributed by atoms with Crippen LogP contribution in [0.1, 0.15) is 30.9 Å². The lowest BCUT2D eigenvalue weighted by molar-refractivity contribution is -0.137. The minimum atomic E-state index is -4.32. The number of aromatic nitrogens is 1. The summed E-state index contributed by atoms with van der Waals surface area (Å²) in [7, 11) is 0. The molecule has 2 aromatic rings. The molecule has 0 saturated carbocycles. The van der Waals surface area contributed by atoms with Crippen molar-refractivity contribution >= 4 is 10.9 Å². The summed E-state index contributed by atoms with van der Waals surface area (Å²) in [6, 6.07) is 3.77. The smallest absolute Gasteiger partial charge is 0.371 e. The molecule has 1 aliphatic rings. The summed E-state index contributed by atoms with van der Waals surface area (Å²) in [5.41, 5.74) is 0.413. The van der Waals surface area contributed by atoms with Crippen LogP contribution in [-0.2, 0) is 16.5 Å². The lowest BCUT2D eigenvalue weighted by atomic mass is 9.92. The van der Waals surface area contributed by atoms with E-state index in [0.717, 1.165) is 24.5 Å². The van der Waals surface area contributed by atoms with Crippen molar-refractivity contribution in [3.8, 4) is 0 Å². The van der Waals surface area contributed by atoms with Gasteiger partial charge in [-0.25, -0.2) is 0 Å². The third kappa shape index (κ3) is 2.02. The van der Waals surface area contributed by atoms with Gasteiger partial charge in [-0.05, 0) is 38.0 Å². The zero-order chi connectivity index (χ0) is 13.7. The van der Waals surface area contributed by atoms with Crippen molar-refractivity contribution < 1.29 is 17.9 Å². The molecule has 1 atom stereocenters. The van der Waals surface area contributed by atoms with E-state index in [1.54, 1.807) is 6.20 Å². The molecule has 5 heteroatoms. The molecule has 102 valence electrons. The average Bonchev–Trinajstić information content (AvgIpc) is 2.93. The standard InChI is InChI=1S/C14H14F3NO/c1-13(5-2-6-19-13)11-8-18-12-4-3-9(7-10(11)12)14(15,16)17/h3-4,7-8,18H,2,5-6H2,1H3. The second-order valence-electron chi connectivity index (χ2n) is 5.14. The molecule has 1 unspecified atom stereocenters. The highest BCUT2D eigenvalue weighted by molar-refractivity contribution is 5.85. The first-order valence-corrected chi connectivity index (χ1v) is 6.23. The molecular formula is C14H14F3NO. The topological polar surface area (TPSA) is 25.0 Å². The molecule has 19 heavy (non-hydrogen) atoms. The second kappa shape index (κ2) is 4.00. The Morgan fingerprint density at radius 2 is 2.11 bits per heavy atom. The van der Waals surface area contributed by atoms with Gasteiger partial charge in [-0.3, -0.25) is 0 Å². The van der Waals surface area contributed by atoms with Gasteiger partial charge in [0.05, 0.1) is 11.2 Å². The highest BCUT2D eigenvalue weighted by atomic mass is 19.4. The van der Waals surface area contributed by atoms with Crippen LogP contribution in [0.2, 0.25) is 0 Å². The molecule has 0 radical (unpaired) electrons. The Kier molecular flexibility index (Phi) is 2.64. The highest BCUT2D eigenvalue weighted by Crippen LogP contribution is 2.40. The molecule has 0 bridgehead atoms. The number of nitrogens with one attached hydrogen (secondary N) is 1. The SMILES string of the molecule is CC1(c2c[nH]c3ccc(C(F)(F)F)cc23)CCCO1. The monoisotopic (exact) mass is 269 g/mol. The first kappa shape index (κ1) is 12.5. The van der Waals surface area contributed by atoms with E-state index in [1.807, 2.05) is 6.92 Å². The molecule has 1 saturated heterocycles. The van der Waals surface area contributed by atoms with Crippen LogP contribution in [-0.4, -0.2) is 11.6 Å². The number of halogens is 3. The van der Waals surface area contributed by atoms with Gasteiger partial charge in [0.15, 0.2) is 0 Å². The Balaban J connectivity index is 2.16. The van der Waals surface area contributed by atoms with Gasteiger partial charge in [-0.1, -0.05) is 0 Å². The number of ether oxygens (including phenoxy) is 1. The van der Waals surface area contributed by atoms with Gasteiger partial charge in [0, 0.05) is 29.3 Å². The Hall–Kier alpha value is -1.49. The number of alkyl halides is 3. The lowest BCUT2D eigenvalue weighted by Gasteiger charge is -2.22. The Labute approximate surface area is 108 Å². The lowest BCUT2D eigenvalue weighted by Crippen LogP contribution is -2.19. The summed E-state index contributed by atoms with van der Waals surface area (Å²) < 4.78 is 44.1. The summed E-state index contributed by atoms with van der Waals surface area (Å²) in [5, 5.41) is 0.597. The molecular weight excluding hydrogens is 255 g/mol. The minimum absolute atomic E-state index is 0.484. The van der Waals surface area contributed by atoms with Crippen molar-refractivity contribution in [3.05, 3.63) is 35.5 Å². The zero-order valence-corrected chi connectivity index (χ0v) is 10.5. The van der Waals surface area contributed by atoms with Crippen LogP contribution in [0.25, 0.3) is 10.9 Å². The molecule has 0 amide bonds. The highest BCUT2D eigenvalue weighted by Gasteiger charge is 2.35. The third-order valence-electron chi connectivity index (χ3n) is 3.80. The quantitative estimate of drug-likeness (QED) is 0.824. The van der Waals surface area contributed by atoms with E-state index >= 15 is 0 Å². The number of H-pyrrole nitrogens is 1. The summed E-state index contributed by atoms with van der Waals surface area (Å²) in [6.07, 6.45) is -0.797. The summed E-state index contributed by atoms with van der Waals surface area (Å²) >= 11 is 0. The van der Waals surface area contributed by atoms with Crippen molar-refractivity contribution in [1.29, 1.82) is 0 Å². The molecule has 1 aromatic heterocycles. The van der Waals surface area contributed by atoms with Crippen molar-refractivity contribution in [2.45, 2.75) is 31.5 Å². The number of fused-ring (bicyclic) bond motifs is 1. The molecule has 2 nitrogen and oxygen atoms in total. The third-order valence-corrected chi connectivity index (χ3v) is 3.80. The molecule has 3 rings (SSSR count). The normalized spacial score (nSPS) is 24.2. The van der Waals surface area contributed by atoms with Gasteiger partial charge in [0.1, 0.15) is 0 Å². The van der Waals surface area contributed by atoms with Crippen molar-refractivity contribution in [2.24, 2.45) is 0 Å². The Morgan fingerprint density at radius 3 is 2.74 bits per heavy atom. The number of hydrogen-bond donors (Lipinski definition) is 1. The van der Waals surface area contributed by atoms with Crippen molar-refractivity contribution in [3.63, 3.8) is 0 Å². The summed E-state index contributed by atoms with van der Waals surface area (Å²) in [6.45, 7) is 2.59. The van der Waals surface area contributed by atoms with E-state index in [1.165, 1.54) is 12.1 Å².